The fourth-order valence-electron chi connectivity index (χ4n) is 2.57. The number of rotatable bonds is 5. The van der Waals surface area contributed by atoms with Gasteiger partial charge in [0.25, 0.3) is 0 Å². The van der Waals surface area contributed by atoms with Gasteiger partial charge in [0.05, 0.1) is 13.2 Å². The number of amides is 1. The van der Waals surface area contributed by atoms with Crippen LogP contribution in [0.5, 0.6) is 11.5 Å². The van der Waals surface area contributed by atoms with Gasteiger partial charge in [0.1, 0.15) is 0 Å². The third-order valence-corrected chi connectivity index (χ3v) is 4.74. The molecule has 1 saturated heterocycles. The molecular weight excluding hydrogens is 300 g/mol. The molecule has 0 spiro atoms. The number of thioether (sulfide) groups is 1. The van der Waals surface area contributed by atoms with Crippen molar-refractivity contribution in [3.63, 3.8) is 0 Å². The second kappa shape index (κ2) is 7.74. The monoisotopic (exact) mass is 322 g/mol. The zero-order chi connectivity index (χ0) is 15.2. The lowest BCUT2D eigenvalue weighted by atomic mass is 10.2. The summed E-state index contributed by atoms with van der Waals surface area (Å²) in [6.45, 7) is 3.28. The predicted molar refractivity (Wildman–Crippen MR) is 86.8 cm³/mol. The normalized spacial score (nSPS) is 20.5. The number of carbonyl (C=O) groups is 1. The van der Waals surface area contributed by atoms with Crippen LogP contribution in [0.2, 0.25) is 0 Å². The summed E-state index contributed by atoms with van der Waals surface area (Å²) < 4.78 is 11.3. The van der Waals surface area contributed by atoms with Gasteiger partial charge in [0.2, 0.25) is 5.91 Å². The van der Waals surface area contributed by atoms with E-state index in [-0.39, 0.29) is 5.91 Å². The third kappa shape index (κ3) is 4.30. The molecule has 0 radical (unpaired) electrons. The predicted octanol–water partition coefficient (Wildman–Crippen LogP) is 1.81. The molecule has 0 saturated carbocycles. The molecule has 1 amide bonds. The highest BCUT2D eigenvalue weighted by atomic mass is 32.2. The smallest absolute Gasteiger partial charge is 0.221 e. The van der Waals surface area contributed by atoms with Crippen molar-refractivity contribution < 1.29 is 14.3 Å². The number of ether oxygens (including phenoxy) is 2. The van der Waals surface area contributed by atoms with Crippen LogP contribution in [0.15, 0.2) is 23.1 Å². The van der Waals surface area contributed by atoms with E-state index in [1.165, 1.54) is 0 Å². The molecule has 2 aliphatic heterocycles. The zero-order valence-corrected chi connectivity index (χ0v) is 13.4. The minimum atomic E-state index is 0.135. The lowest BCUT2D eigenvalue weighted by Crippen LogP contribution is -2.36. The summed E-state index contributed by atoms with van der Waals surface area (Å²) in [5.41, 5.74) is 0. The van der Waals surface area contributed by atoms with Gasteiger partial charge in [-0.1, -0.05) is 0 Å². The van der Waals surface area contributed by atoms with Crippen LogP contribution >= 0.6 is 11.8 Å². The molecule has 1 aromatic rings. The number of benzene rings is 1. The fraction of sp³-hybridized carbons (Fsp3) is 0.562. The van der Waals surface area contributed by atoms with Crippen molar-refractivity contribution in [1.82, 2.24) is 10.6 Å². The van der Waals surface area contributed by atoms with Crippen LogP contribution < -0.4 is 20.1 Å². The lowest BCUT2D eigenvalue weighted by molar-refractivity contribution is -0.121. The Hall–Kier alpha value is -1.40. The van der Waals surface area contributed by atoms with E-state index in [1.807, 2.05) is 18.2 Å². The molecule has 6 heteroatoms. The highest BCUT2D eigenvalue weighted by molar-refractivity contribution is 7.99. The van der Waals surface area contributed by atoms with Crippen molar-refractivity contribution in [1.29, 1.82) is 0 Å². The van der Waals surface area contributed by atoms with E-state index in [2.05, 4.69) is 10.6 Å². The van der Waals surface area contributed by atoms with Gasteiger partial charge in [-0.2, -0.15) is 0 Å². The number of fused-ring (bicyclic) bond motifs is 1. The Labute approximate surface area is 135 Å². The molecule has 1 atom stereocenters. The molecule has 1 unspecified atom stereocenters. The summed E-state index contributed by atoms with van der Waals surface area (Å²) in [5, 5.41) is 6.31. The minimum absolute atomic E-state index is 0.135. The van der Waals surface area contributed by atoms with Gasteiger partial charge in [0.15, 0.2) is 11.5 Å². The highest BCUT2D eigenvalue weighted by Crippen LogP contribution is 2.33. The molecule has 0 aromatic heterocycles. The van der Waals surface area contributed by atoms with Crippen LogP contribution in [-0.2, 0) is 4.79 Å². The number of carbonyl (C=O) groups excluding carboxylic acids is 1. The van der Waals surface area contributed by atoms with Crippen LogP contribution in [0.3, 0.4) is 0 Å². The molecule has 1 fully saturated rings. The van der Waals surface area contributed by atoms with Crippen molar-refractivity contribution in [3.8, 4) is 11.5 Å². The lowest BCUT2D eigenvalue weighted by Gasteiger charge is -2.11. The Bertz CT molecular complexity index is 518. The SMILES string of the molecule is O=C(CCSc1ccc2c(c1)OCCCO2)NC1CCNC1. The molecule has 0 bridgehead atoms. The van der Waals surface area contributed by atoms with Gasteiger partial charge in [-0.3, -0.25) is 4.79 Å². The van der Waals surface area contributed by atoms with Gasteiger partial charge in [-0.05, 0) is 31.2 Å². The first-order valence-electron chi connectivity index (χ1n) is 7.84. The molecule has 3 rings (SSSR count). The molecule has 2 aliphatic rings. The van der Waals surface area contributed by atoms with E-state index >= 15 is 0 Å². The molecule has 120 valence electrons. The molecule has 2 N–H and O–H groups in total. The van der Waals surface area contributed by atoms with Gasteiger partial charge in [0, 0.05) is 36.1 Å². The van der Waals surface area contributed by atoms with Crippen molar-refractivity contribution in [2.75, 3.05) is 32.1 Å². The standard InChI is InChI=1S/C16H22N2O3S/c19-16(18-12-4-6-17-11-12)5-9-22-13-2-3-14-15(10-13)21-8-1-7-20-14/h2-3,10,12,17H,1,4-9,11H2,(H,18,19). The summed E-state index contributed by atoms with van der Waals surface area (Å²) in [6.07, 6.45) is 2.48. The summed E-state index contributed by atoms with van der Waals surface area (Å²) in [7, 11) is 0. The Balaban J connectivity index is 1.45. The molecule has 0 aliphatic carbocycles. The zero-order valence-electron chi connectivity index (χ0n) is 12.6. The van der Waals surface area contributed by atoms with Gasteiger partial charge < -0.3 is 20.1 Å². The minimum Gasteiger partial charge on any atom is -0.490 e. The van der Waals surface area contributed by atoms with E-state index in [0.717, 1.165) is 48.1 Å². The van der Waals surface area contributed by atoms with E-state index < -0.39 is 0 Å². The number of hydrogen-bond acceptors (Lipinski definition) is 5. The van der Waals surface area contributed by atoms with Crippen molar-refractivity contribution in [2.45, 2.75) is 30.2 Å². The van der Waals surface area contributed by atoms with Crippen LogP contribution in [-0.4, -0.2) is 44.0 Å². The first-order chi connectivity index (χ1) is 10.8. The van der Waals surface area contributed by atoms with Crippen LogP contribution in [0.4, 0.5) is 0 Å². The van der Waals surface area contributed by atoms with E-state index in [0.29, 0.717) is 25.7 Å². The molecular formula is C16H22N2O3S. The summed E-state index contributed by atoms with van der Waals surface area (Å²) >= 11 is 1.67. The topological polar surface area (TPSA) is 59.6 Å². The first kappa shape index (κ1) is 15.5. The van der Waals surface area contributed by atoms with Crippen LogP contribution in [0.25, 0.3) is 0 Å². The third-order valence-electron chi connectivity index (χ3n) is 3.74. The Kier molecular flexibility index (Phi) is 5.45. The Morgan fingerprint density at radius 2 is 2.18 bits per heavy atom. The molecule has 5 nitrogen and oxygen atoms in total. The van der Waals surface area contributed by atoms with Crippen molar-refractivity contribution in [3.05, 3.63) is 18.2 Å². The number of hydrogen-bond donors (Lipinski definition) is 2. The van der Waals surface area contributed by atoms with Gasteiger partial charge in [-0.25, -0.2) is 0 Å². The first-order valence-corrected chi connectivity index (χ1v) is 8.82. The summed E-state index contributed by atoms with van der Waals surface area (Å²) in [6, 6.07) is 6.28. The number of nitrogens with one attached hydrogen (secondary N) is 2. The van der Waals surface area contributed by atoms with Gasteiger partial charge in [-0.15, -0.1) is 11.8 Å². The largest absolute Gasteiger partial charge is 0.490 e. The average molecular weight is 322 g/mol. The molecule has 1 aromatic carbocycles. The van der Waals surface area contributed by atoms with E-state index in [1.54, 1.807) is 11.8 Å². The second-order valence-corrected chi connectivity index (χ2v) is 6.68. The quantitative estimate of drug-likeness (QED) is 0.810. The maximum atomic E-state index is 11.9. The Morgan fingerprint density at radius 3 is 3.00 bits per heavy atom. The average Bonchev–Trinajstić information content (AvgIpc) is 2.90. The van der Waals surface area contributed by atoms with E-state index in [9.17, 15) is 4.79 Å². The maximum Gasteiger partial charge on any atom is 0.221 e. The Morgan fingerprint density at radius 1 is 1.32 bits per heavy atom. The summed E-state index contributed by atoms with van der Waals surface area (Å²) in [4.78, 5) is 13.0. The van der Waals surface area contributed by atoms with Crippen molar-refractivity contribution in [2.24, 2.45) is 0 Å². The van der Waals surface area contributed by atoms with E-state index in [4.69, 9.17) is 9.47 Å². The maximum absolute atomic E-state index is 11.9. The van der Waals surface area contributed by atoms with Crippen LogP contribution in [0, 0.1) is 0 Å². The molecule has 2 heterocycles. The molecule has 22 heavy (non-hydrogen) atoms. The fourth-order valence-corrected chi connectivity index (χ4v) is 3.45. The highest BCUT2D eigenvalue weighted by Gasteiger charge is 2.16. The van der Waals surface area contributed by atoms with Crippen molar-refractivity contribution >= 4 is 17.7 Å². The van der Waals surface area contributed by atoms with Gasteiger partial charge >= 0.3 is 0 Å². The second-order valence-electron chi connectivity index (χ2n) is 5.51. The van der Waals surface area contributed by atoms with Crippen LogP contribution in [0.1, 0.15) is 19.3 Å². The summed E-state index contributed by atoms with van der Waals surface area (Å²) in [5.74, 6) is 2.53.